The van der Waals surface area contributed by atoms with Crippen molar-refractivity contribution in [1.29, 1.82) is 0 Å². The first-order valence-corrected chi connectivity index (χ1v) is 5.78. The van der Waals surface area contributed by atoms with E-state index < -0.39 is 0 Å². The smallest absolute Gasteiger partial charge is 0.249 e. The third-order valence-corrected chi connectivity index (χ3v) is 3.46. The summed E-state index contributed by atoms with van der Waals surface area (Å²) in [6, 6.07) is 7.90. The van der Waals surface area contributed by atoms with E-state index in [1.165, 1.54) is 11.8 Å². The number of aryl methyl sites for hydroxylation is 1. The van der Waals surface area contributed by atoms with E-state index >= 15 is 0 Å². The number of methoxy groups -OCH3 is 1. The van der Waals surface area contributed by atoms with Crippen molar-refractivity contribution in [3.05, 3.63) is 29.8 Å². The second kappa shape index (κ2) is 6.52. The average molecular weight is 240 g/mol. The number of thioether (sulfide) groups is 1. The summed E-state index contributed by atoms with van der Waals surface area (Å²) in [7, 11) is 1.56. The van der Waals surface area contributed by atoms with Gasteiger partial charge in [0.05, 0.1) is 6.61 Å². The van der Waals surface area contributed by atoms with Gasteiger partial charge in [-0.15, -0.1) is 11.8 Å². The number of amides is 1. The summed E-state index contributed by atoms with van der Waals surface area (Å²) < 4.78 is 5.00. The molecule has 1 aromatic rings. The topological polar surface area (TPSA) is 64.3 Å². The van der Waals surface area contributed by atoms with Gasteiger partial charge < -0.3 is 4.74 Å². The largest absolute Gasteiger partial charge is 0.383 e. The number of hydrogen-bond donors (Lipinski definition) is 2. The van der Waals surface area contributed by atoms with Gasteiger partial charge in [-0.3, -0.25) is 10.2 Å². The number of benzene rings is 1. The number of nitrogens with two attached hydrogens (primary N) is 1. The molecule has 3 N–H and O–H groups in total. The highest BCUT2D eigenvalue weighted by atomic mass is 32.2. The van der Waals surface area contributed by atoms with Crippen LogP contribution in [0.25, 0.3) is 0 Å². The fourth-order valence-electron chi connectivity index (χ4n) is 1.25. The van der Waals surface area contributed by atoms with Crippen LogP contribution in [0.1, 0.15) is 5.56 Å². The first-order chi connectivity index (χ1) is 7.69. The van der Waals surface area contributed by atoms with Crippen LogP contribution >= 0.6 is 11.8 Å². The molecule has 16 heavy (non-hydrogen) atoms. The van der Waals surface area contributed by atoms with Crippen molar-refractivity contribution in [2.45, 2.75) is 17.1 Å². The number of carbonyl (C=O) groups excluding carboxylic acids is 1. The Morgan fingerprint density at radius 1 is 1.56 bits per heavy atom. The Bertz CT molecular complexity index is 358. The third kappa shape index (κ3) is 3.52. The molecule has 4 nitrogen and oxygen atoms in total. The fourth-order valence-corrected chi connectivity index (χ4v) is 2.35. The van der Waals surface area contributed by atoms with Gasteiger partial charge in [0.25, 0.3) is 0 Å². The summed E-state index contributed by atoms with van der Waals surface area (Å²) in [5.41, 5.74) is 3.29. The van der Waals surface area contributed by atoms with Crippen molar-refractivity contribution in [2.75, 3.05) is 13.7 Å². The van der Waals surface area contributed by atoms with E-state index in [9.17, 15) is 4.79 Å². The first kappa shape index (κ1) is 13.0. The van der Waals surface area contributed by atoms with Gasteiger partial charge in [0.15, 0.2) is 0 Å². The molecule has 0 saturated carbocycles. The number of hydrogen-bond acceptors (Lipinski definition) is 4. The van der Waals surface area contributed by atoms with E-state index in [0.29, 0.717) is 6.61 Å². The Hall–Kier alpha value is -1.04. The van der Waals surface area contributed by atoms with Crippen LogP contribution in [0.2, 0.25) is 0 Å². The lowest BCUT2D eigenvalue weighted by molar-refractivity contribution is -0.121. The molecule has 0 heterocycles. The number of carbonyl (C=O) groups is 1. The maximum Gasteiger partial charge on any atom is 0.249 e. The molecule has 0 bridgehead atoms. The highest BCUT2D eigenvalue weighted by Crippen LogP contribution is 2.26. The average Bonchev–Trinajstić information content (AvgIpc) is 2.30. The molecule has 5 heteroatoms. The molecule has 0 aliphatic rings. The van der Waals surface area contributed by atoms with Crippen molar-refractivity contribution in [1.82, 2.24) is 5.43 Å². The van der Waals surface area contributed by atoms with Crippen molar-refractivity contribution >= 4 is 17.7 Å². The lowest BCUT2D eigenvalue weighted by Gasteiger charge is -2.14. The molecule has 88 valence electrons. The van der Waals surface area contributed by atoms with Gasteiger partial charge in [-0.1, -0.05) is 18.2 Å². The molecule has 0 aliphatic carbocycles. The molecule has 1 aromatic carbocycles. The number of nitrogens with one attached hydrogen (secondary N) is 1. The summed E-state index contributed by atoms with van der Waals surface area (Å²) >= 11 is 1.46. The predicted octanol–water partition coefficient (Wildman–Crippen LogP) is 1.09. The molecule has 0 saturated heterocycles. The predicted molar refractivity (Wildman–Crippen MR) is 65.0 cm³/mol. The van der Waals surface area contributed by atoms with Crippen molar-refractivity contribution in [2.24, 2.45) is 5.84 Å². The zero-order valence-corrected chi connectivity index (χ0v) is 10.2. The zero-order chi connectivity index (χ0) is 12.0. The normalized spacial score (nSPS) is 12.2. The van der Waals surface area contributed by atoms with Crippen LogP contribution in [-0.4, -0.2) is 24.9 Å². The van der Waals surface area contributed by atoms with Gasteiger partial charge in [-0.25, -0.2) is 5.84 Å². The van der Waals surface area contributed by atoms with Crippen LogP contribution in [0.5, 0.6) is 0 Å². The molecule has 1 amide bonds. The van der Waals surface area contributed by atoms with Crippen LogP contribution in [0.4, 0.5) is 0 Å². The molecular formula is C11H16N2O2S. The maximum atomic E-state index is 11.5. The quantitative estimate of drug-likeness (QED) is 0.350. The highest BCUT2D eigenvalue weighted by Gasteiger charge is 2.19. The lowest BCUT2D eigenvalue weighted by atomic mass is 10.2. The number of rotatable bonds is 5. The van der Waals surface area contributed by atoms with Crippen molar-refractivity contribution in [3.63, 3.8) is 0 Å². The second-order valence-corrected chi connectivity index (χ2v) is 4.58. The SMILES string of the molecule is COCC(Sc1ccccc1C)C(=O)NN. The van der Waals surface area contributed by atoms with E-state index in [-0.39, 0.29) is 11.2 Å². The Labute approximate surface area is 99.5 Å². The summed E-state index contributed by atoms with van der Waals surface area (Å²) in [5.74, 6) is 4.90. The van der Waals surface area contributed by atoms with Gasteiger partial charge in [0.2, 0.25) is 5.91 Å². The van der Waals surface area contributed by atoms with Crippen molar-refractivity contribution in [3.8, 4) is 0 Å². The van der Waals surface area contributed by atoms with E-state index in [1.54, 1.807) is 7.11 Å². The van der Waals surface area contributed by atoms with Gasteiger partial charge in [0.1, 0.15) is 5.25 Å². The Morgan fingerprint density at radius 2 is 2.25 bits per heavy atom. The van der Waals surface area contributed by atoms with Gasteiger partial charge in [-0.2, -0.15) is 0 Å². The van der Waals surface area contributed by atoms with Crippen LogP contribution < -0.4 is 11.3 Å². The molecule has 0 spiro atoms. The minimum absolute atomic E-state index is 0.227. The monoisotopic (exact) mass is 240 g/mol. The maximum absolute atomic E-state index is 11.5. The molecule has 1 unspecified atom stereocenters. The van der Waals surface area contributed by atoms with E-state index in [4.69, 9.17) is 10.6 Å². The fraction of sp³-hybridized carbons (Fsp3) is 0.364. The van der Waals surface area contributed by atoms with Gasteiger partial charge >= 0.3 is 0 Å². The summed E-state index contributed by atoms with van der Waals surface area (Å²) in [4.78, 5) is 12.5. The van der Waals surface area contributed by atoms with Crippen LogP contribution in [0.3, 0.4) is 0 Å². The summed E-state index contributed by atoms with van der Waals surface area (Å²) in [5, 5.41) is -0.323. The standard InChI is InChI=1S/C11H16N2O2S/c1-8-5-3-4-6-9(8)16-10(7-15-2)11(14)13-12/h3-6,10H,7,12H2,1-2H3,(H,13,14). The van der Waals surface area contributed by atoms with E-state index in [0.717, 1.165) is 10.5 Å². The zero-order valence-electron chi connectivity index (χ0n) is 9.40. The number of hydrazine groups is 1. The Balaban J connectivity index is 2.75. The minimum atomic E-state index is -0.323. The molecule has 0 fully saturated rings. The molecule has 1 rings (SSSR count). The van der Waals surface area contributed by atoms with E-state index in [2.05, 4.69) is 5.43 Å². The molecule has 1 atom stereocenters. The first-order valence-electron chi connectivity index (χ1n) is 4.90. The van der Waals surface area contributed by atoms with Crippen LogP contribution in [0, 0.1) is 6.92 Å². The molecular weight excluding hydrogens is 224 g/mol. The Morgan fingerprint density at radius 3 is 2.81 bits per heavy atom. The molecule has 0 aromatic heterocycles. The van der Waals surface area contributed by atoms with Crippen LogP contribution in [0.15, 0.2) is 29.2 Å². The van der Waals surface area contributed by atoms with E-state index in [1.807, 2.05) is 31.2 Å². The number of ether oxygens (including phenoxy) is 1. The Kier molecular flexibility index (Phi) is 5.31. The second-order valence-electron chi connectivity index (χ2n) is 3.34. The third-order valence-electron chi connectivity index (χ3n) is 2.12. The molecule has 0 aliphatic heterocycles. The van der Waals surface area contributed by atoms with Gasteiger partial charge in [-0.05, 0) is 18.6 Å². The minimum Gasteiger partial charge on any atom is -0.383 e. The van der Waals surface area contributed by atoms with Crippen molar-refractivity contribution < 1.29 is 9.53 Å². The highest BCUT2D eigenvalue weighted by molar-refractivity contribution is 8.00. The molecule has 0 radical (unpaired) electrons. The lowest BCUT2D eigenvalue weighted by Crippen LogP contribution is -2.39. The summed E-state index contributed by atoms with van der Waals surface area (Å²) in [6.07, 6.45) is 0. The van der Waals surface area contributed by atoms with Gasteiger partial charge in [0, 0.05) is 12.0 Å². The van der Waals surface area contributed by atoms with Crippen LogP contribution in [-0.2, 0) is 9.53 Å². The summed E-state index contributed by atoms with van der Waals surface area (Å²) in [6.45, 7) is 2.34.